The summed E-state index contributed by atoms with van der Waals surface area (Å²) in [6.45, 7) is 8.05. The van der Waals surface area contributed by atoms with Crippen molar-refractivity contribution in [3.05, 3.63) is 28.5 Å². The van der Waals surface area contributed by atoms with Gasteiger partial charge < -0.3 is 9.64 Å². The Kier molecular flexibility index (Phi) is 4.73. The smallest absolute Gasteiger partial charge is 0.407 e. The molecule has 0 aliphatic carbocycles. The number of amides is 1. The predicted octanol–water partition coefficient (Wildman–Crippen LogP) is 4.21. The van der Waals surface area contributed by atoms with Gasteiger partial charge in [-0.1, -0.05) is 15.9 Å². The number of carbonyl (C=O) groups is 1. The first kappa shape index (κ1) is 15.0. The van der Waals surface area contributed by atoms with E-state index in [1.807, 2.05) is 27.7 Å². The summed E-state index contributed by atoms with van der Waals surface area (Å²) in [6.07, 6.45) is -0.550. The lowest BCUT2D eigenvalue weighted by molar-refractivity contribution is 0.109. The molecule has 0 spiro atoms. The van der Waals surface area contributed by atoms with E-state index in [1.165, 1.54) is 17.0 Å². The van der Waals surface area contributed by atoms with Crippen molar-refractivity contribution < 1.29 is 13.9 Å². The van der Waals surface area contributed by atoms with Crippen LogP contribution in [-0.2, 0) is 0 Å². The lowest BCUT2D eigenvalue weighted by atomic mass is 10.1. The molecule has 0 aliphatic heterocycles. The van der Waals surface area contributed by atoms with Gasteiger partial charge in [-0.2, -0.15) is 0 Å². The van der Waals surface area contributed by atoms with Crippen LogP contribution in [0.5, 0.6) is 5.75 Å². The highest BCUT2D eigenvalue weighted by atomic mass is 79.9. The van der Waals surface area contributed by atoms with Crippen molar-refractivity contribution in [3.63, 3.8) is 0 Å². The summed E-state index contributed by atoms with van der Waals surface area (Å²) in [5.74, 6) is -0.631. The number of halogens is 2. The van der Waals surface area contributed by atoms with Gasteiger partial charge >= 0.3 is 6.09 Å². The Hall–Kier alpha value is -1.10. The second-order valence-electron chi connectivity index (χ2n) is 4.86. The van der Waals surface area contributed by atoms with Crippen molar-refractivity contribution in [2.24, 2.45) is 0 Å². The highest BCUT2D eigenvalue weighted by Gasteiger charge is 2.27. The molecule has 0 fully saturated rings. The summed E-state index contributed by atoms with van der Waals surface area (Å²) in [6, 6.07) is 4.31. The second kappa shape index (κ2) is 5.69. The summed E-state index contributed by atoms with van der Waals surface area (Å²) in [5, 5.41) is 0. The summed E-state index contributed by atoms with van der Waals surface area (Å²) in [5.41, 5.74) is -0.363. The standard InChI is InChI=1S/C13H17BrFNO2/c1-5-16(13(2,3)4)12(17)18-11-7-6-9(14)8-10(11)15/h6-8H,5H2,1-4H3. The first-order valence-corrected chi connectivity index (χ1v) is 6.49. The molecular formula is C13H17BrFNO2. The molecule has 3 nitrogen and oxygen atoms in total. The molecule has 0 bridgehead atoms. The fraction of sp³-hybridized carbons (Fsp3) is 0.462. The van der Waals surface area contributed by atoms with Gasteiger partial charge in [-0.25, -0.2) is 9.18 Å². The summed E-state index contributed by atoms with van der Waals surface area (Å²) >= 11 is 3.15. The van der Waals surface area contributed by atoms with Crippen molar-refractivity contribution in [2.45, 2.75) is 33.2 Å². The quantitative estimate of drug-likeness (QED) is 0.817. The second-order valence-corrected chi connectivity index (χ2v) is 5.77. The topological polar surface area (TPSA) is 29.5 Å². The fourth-order valence-corrected chi connectivity index (χ4v) is 1.92. The number of hydrogen-bond acceptors (Lipinski definition) is 2. The van der Waals surface area contributed by atoms with E-state index in [1.54, 1.807) is 6.07 Å². The molecule has 0 N–H and O–H groups in total. The molecule has 0 saturated heterocycles. The third kappa shape index (κ3) is 3.70. The highest BCUT2D eigenvalue weighted by molar-refractivity contribution is 9.10. The van der Waals surface area contributed by atoms with E-state index in [0.29, 0.717) is 11.0 Å². The maximum Gasteiger partial charge on any atom is 0.415 e. The van der Waals surface area contributed by atoms with Gasteiger partial charge in [0.1, 0.15) is 0 Å². The van der Waals surface area contributed by atoms with E-state index in [0.717, 1.165) is 0 Å². The van der Waals surface area contributed by atoms with Gasteiger partial charge in [-0.15, -0.1) is 0 Å². The molecule has 0 heterocycles. The minimum atomic E-state index is -0.567. The molecule has 0 saturated carbocycles. The molecule has 0 aromatic heterocycles. The lowest BCUT2D eigenvalue weighted by Crippen LogP contribution is -2.46. The minimum Gasteiger partial charge on any atom is -0.407 e. The Balaban J connectivity index is 2.87. The Morgan fingerprint density at radius 1 is 1.44 bits per heavy atom. The monoisotopic (exact) mass is 317 g/mol. The molecule has 100 valence electrons. The van der Waals surface area contributed by atoms with Crippen molar-refractivity contribution in [2.75, 3.05) is 6.54 Å². The van der Waals surface area contributed by atoms with E-state index >= 15 is 0 Å². The molecule has 1 amide bonds. The number of hydrogen-bond donors (Lipinski definition) is 0. The normalized spacial score (nSPS) is 11.2. The first-order valence-electron chi connectivity index (χ1n) is 5.70. The molecule has 1 aromatic rings. The summed E-state index contributed by atoms with van der Waals surface area (Å²) in [7, 11) is 0. The van der Waals surface area contributed by atoms with Crippen LogP contribution in [0.4, 0.5) is 9.18 Å². The van der Waals surface area contributed by atoms with Gasteiger partial charge in [0.2, 0.25) is 0 Å². The number of nitrogens with zero attached hydrogens (tertiary/aromatic N) is 1. The van der Waals surface area contributed by atoms with Crippen LogP contribution < -0.4 is 4.74 Å². The van der Waals surface area contributed by atoms with E-state index in [4.69, 9.17) is 4.74 Å². The van der Waals surface area contributed by atoms with E-state index in [9.17, 15) is 9.18 Å². The Morgan fingerprint density at radius 3 is 2.50 bits per heavy atom. The average Bonchev–Trinajstić information content (AvgIpc) is 2.21. The van der Waals surface area contributed by atoms with Crippen LogP contribution in [0.15, 0.2) is 22.7 Å². The van der Waals surface area contributed by atoms with Crippen LogP contribution in [0, 0.1) is 5.82 Å². The molecule has 0 aliphatic rings. The fourth-order valence-electron chi connectivity index (χ4n) is 1.58. The molecular weight excluding hydrogens is 301 g/mol. The summed E-state index contributed by atoms with van der Waals surface area (Å²) in [4.78, 5) is 13.5. The van der Waals surface area contributed by atoms with Gasteiger partial charge in [0.25, 0.3) is 0 Å². The maximum atomic E-state index is 13.5. The average molecular weight is 318 g/mol. The molecule has 0 radical (unpaired) electrons. The number of rotatable bonds is 2. The summed E-state index contributed by atoms with van der Waals surface area (Å²) < 4.78 is 19.2. The van der Waals surface area contributed by atoms with Gasteiger partial charge in [0.15, 0.2) is 11.6 Å². The third-order valence-electron chi connectivity index (χ3n) is 2.44. The zero-order valence-electron chi connectivity index (χ0n) is 11.0. The van der Waals surface area contributed by atoms with Crippen LogP contribution >= 0.6 is 15.9 Å². The maximum absolute atomic E-state index is 13.5. The molecule has 0 atom stereocenters. The molecule has 5 heteroatoms. The van der Waals surface area contributed by atoms with Crippen molar-refractivity contribution in [1.82, 2.24) is 4.90 Å². The van der Waals surface area contributed by atoms with E-state index in [-0.39, 0.29) is 11.3 Å². The zero-order valence-corrected chi connectivity index (χ0v) is 12.5. The molecule has 1 rings (SSSR count). The Labute approximate surface area is 115 Å². The van der Waals surface area contributed by atoms with Crippen molar-refractivity contribution in [1.29, 1.82) is 0 Å². The Morgan fingerprint density at radius 2 is 2.06 bits per heavy atom. The SMILES string of the molecule is CCN(C(=O)Oc1ccc(Br)cc1F)C(C)(C)C. The predicted molar refractivity (Wildman–Crippen MR) is 72.3 cm³/mol. The van der Waals surface area contributed by atoms with Crippen LogP contribution in [0.3, 0.4) is 0 Å². The van der Waals surface area contributed by atoms with Crippen LogP contribution in [-0.4, -0.2) is 23.1 Å². The highest BCUT2D eigenvalue weighted by Crippen LogP contribution is 2.23. The van der Waals surface area contributed by atoms with Crippen molar-refractivity contribution in [3.8, 4) is 5.75 Å². The number of benzene rings is 1. The van der Waals surface area contributed by atoms with Crippen molar-refractivity contribution >= 4 is 22.0 Å². The van der Waals surface area contributed by atoms with Gasteiger partial charge in [0.05, 0.1) is 0 Å². The minimum absolute atomic E-state index is 0.0640. The van der Waals surface area contributed by atoms with Crippen LogP contribution in [0.2, 0.25) is 0 Å². The largest absolute Gasteiger partial charge is 0.415 e. The molecule has 0 unspecified atom stereocenters. The van der Waals surface area contributed by atoms with Gasteiger partial charge in [-0.3, -0.25) is 0 Å². The molecule has 18 heavy (non-hydrogen) atoms. The van der Waals surface area contributed by atoms with Gasteiger partial charge in [0, 0.05) is 16.6 Å². The van der Waals surface area contributed by atoms with E-state index < -0.39 is 11.9 Å². The third-order valence-corrected chi connectivity index (χ3v) is 2.93. The number of carbonyl (C=O) groups excluding carboxylic acids is 1. The number of ether oxygens (including phenoxy) is 1. The zero-order chi connectivity index (χ0) is 13.9. The van der Waals surface area contributed by atoms with Crippen LogP contribution in [0.25, 0.3) is 0 Å². The lowest BCUT2D eigenvalue weighted by Gasteiger charge is -2.33. The first-order chi connectivity index (χ1) is 8.25. The van der Waals surface area contributed by atoms with Crippen LogP contribution in [0.1, 0.15) is 27.7 Å². The molecule has 1 aromatic carbocycles. The Bertz CT molecular complexity index is 443. The van der Waals surface area contributed by atoms with E-state index in [2.05, 4.69) is 15.9 Å². The van der Waals surface area contributed by atoms with Gasteiger partial charge in [-0.05, 0) is 45.9 Å².